The van der Waals surface area contributed by atoms with Gasteiger partial charge in [-0.1, -0.05) is 26.0 Å². The molecule has 0 aliphatic carbocycles. The first kappa shape index (κ1) is 11.1. The Morgan fingerprint density at radius 3 is 2.43 bits per heavy atom. The van der Waals surface area contributed by atoms with Gasteiger partial charge in [-0.2, -0.15) is 0 Å². The maximum absolute atomic E-state index is 9.92. The molecule has 2 nitrogen and oxygen atoms in total. The standard InChI is InChI=1S/C12H18O2/c1-8(2)12(13)10-6-5-9(3)7-11(10)14-4/h5-8,12-13H,1-4H3. The second-order valence-electron chi connectivity index (χ2n) is 3.93. The second-order valence-corrected chi connectivity index (χ2v) is 3.93. The summed E-state index contributed by atoms with van der Waals surface area (Å²) in [7, 11) is 1.63. The molecule has 1 aromatic carbocycles. The van der Waals surface area contributed by atoms with E-state index in [2.05, 4.69) is 0 Å². The molecule has 0 saturated heterocycles. The smallest absolute Gasteiger partial charge is 0.124 e. The SMILES string of the molecule is COc1cc(C)ccc1C(O)C(C)C. The van der Waals surface area contributed by atoms with Gasteiger partial charge < -0.3 is 9.84 Å². The summed E-state index contributed by atoms with van der Waals surface area (Å²) in [5.74, 6) is 0.970. The van der Waals surface area contributed by atoms with E-state index in [9.17, 15) is 5.11 Å². The van der Waals surface area contributed by atoms with Gasteiger partial charge in [-0.25, -0.2) is 0 Å². The Morgan fingerprint density at radius 1 is 1.29 bits per heavy atom. The summed E-state index contributed by atoms with van der Waals surface area (Å²) in [5, 5.41) is 9.92. The fourth-order valence-electron chi connectivity index (χ4n) is 1.42. The first-order chi connectivity index (χ1) is 6.56. The van der Waals surface area contributed by atoms with E-state index < -0.39 is 6.10 Å². The molecule has 1 N–H and O–H groups in total. The van der Waals surface area contributed by atoms with Crippen LogP contribution in [0.5, 0.6) is 5.75 Å². The zero-order valence-electron chi connectivity index (χ0n) is 9.24. The van der Waals surface area contributed by atoms with Crippen LogP contribution >= 0.6 is 0 Å². The molecule has 14 heavy (non-hydrogen) atoms. The topological polar surface area (TPSA) is 29.5 Å². The monoisotopic (exact) mass is 194 g/mol. The van der Waals surface area contributed by atoms with Gasteiger partial charge >= 0.3 is 0 Å². The van der Waals surface area contributed by atoms with Crippen LogP contribution in [0.2, 0.25) is 0 Å². The molecule has 1 atom stereocenters. The Morgan fingerprint density at radius 2 is 1.93 bits per heavy atom. The van der Waals surface area contributed by atoms with Crippen LogP contribution in [0.1, 0.15) is 31.1 Å². The number of ether oxygens (including phenoxy) is 1. The van der Waals surface area contributed by atoms with Crippen molar-refractivity contribution in [3.05, 3.63) is 29.3 Å². The molecule has 1 aromatic rings. The first-order valence-corrected chi connectivity index (χ1v) is 4.89. The molecule has 2 heteroatoms. The molecule has 0 radical (unpaired) electrons. The van der Waals surface area contributed by atoms with Crippen LogP contribution in [0.4, 0.5) is 0 Å². The lowest BCUT2D eigenvalue weighted by atomic mass is 9.97. The number of aliphatic hydroxyl groups is 1. The van der Waals surface area contributed by atoms with Crippen molar-refractivity contribution in [3.63, 3.8) is 0 Å². The Bertz CT molecular complexity index is 305. The van der Waals surface area contributed by atoms with E-state index in [0.717, 1.165) is 16.9 Å². The Hall–Kier alpha value is -1.02. The van der Waals surface area contributed by atoms with Crippen LogP contribution in [0.3, 0.4) is 0 Å². The Balaban J connectivity index is 3.07. The van der Waals surface area contributed by atoms with Gasteiger partial charge in [-0.3, -0.25) is 0 Å². The quantitative estimate of drug-likeness (QED) is 0.801. The number of benzene rings is 1. The summed E-state index contributed by atoms with van der Waals surface area (Å²) in [5.41, 5.74) is 2.01. The minimum atomic E-state index is -0.453. The van der Waals surface area contributed by atoms with E-state index in [-0.39, 0.29) is 5.92 Å². The van der Waals surface area contributed by atoms with Crippen LogP contribution in [0, 0.1) is 12.8 Å². The van der Waals surface area contributed by atoms with E-state index in [0.29, 0.717) is 0 Å². The number of aliphatic hydroxyl groups excluding tert-OH is 1. The van der Waals surface area contributed by atoms with Crippen LogP contribution in [0.25, 0.3) is 0 Å². The molecule has 1 rings (SSSR count). The normalized spacial score (nSPS) is 13.0. The highest BCUT2D eigenvalue weighted by Crippen LogP contribution is 2.30. The Labute approximate surface area is 85.5 Å². The third kappa shape index (κ3) is 2.26. The van der Waals surface area contributed by atoms with Gasteiger partial charge in [0.05, 0.1) is 13.2 Å². The Kier molecular flexibility index (Phi) is 3.53. The van der Waals surface area contributed by atoms with Crippen molar-refractivity contribution in [2.24, 2.45) is 5.92 Å². The second kappa shape index (κ2) is 4.47. The highest BCUT2D eigenvalue weighted by Gasteiger charge is 2.16. The molecule has 1 unspecified atom stereocenters. The van der Waals surface area contributed by atoms with Crippen molar-refractivity contribution in [2.75, 3.05) is 7.11 Å². The zero-order chi connectivity index (χ0) is 10.7. The van der Waals surface area contributed by atoms with E-state index >= 15 is 0 Å². The zero-order valence-corrected chi connectivity index (χ0v) is 9.24. The molecule has 0 aliphatic rings. The fourth-order valence-corrected chi connectivity index (χ4v) is 1.42. The predicted molar refractivity (Wildman–Crippen MR) is 57.5 cm³/mol. The maximum Gasteiger partial charge on any atom is 0.124 e. The van der Waals surface area contributed by atoms with Gasteiger partial charge in [0.2, 0.25) is 0 Å². The average molecular weight is 194 g/mol. The van der Waals surface area contributed by atoms with Crippen LogP contribution in [-0.4, -0.2) is 12.2 Å². The molecule has 0 spiro atoms. The highest BCUT2D eigenvalue weighted by atomic mass is 16.5. The lowest BCUT2D eigenvalue weighted by Gasteiger charge is -2.18. The lowest BCUT2D eigenvalue weighted by Crippen LogP contribution is -2.07. The molecular weight excluding hydrogens is 176 g/mol. The number of rotatable bonds is 3. The maximum atomic E-state index is 9.92. The van der Waals surface area contributed by atoms with Crippen LogP contribution in [-0.2, 0) is 0 Å². The number of methoxy groups -OCH3 is 1. The first-order valence-electron chi connectivity index (χ1n) is 4.89. The van der Waals surface area contributed by atoms with Gasteiger partial charge in [0.15, 0.2) is 0 Å². The van der Waals surface area contributed by atoms with Gasteiger partial charge in [0, 0.05) is 5.56 Å². The molecule has 0 aliphatic heterocycles. The molecule has 0 fully saturated rings. The summed E-state index contributed by atoms with van der Waals surface area (Å²) in [6, 6.07) is 5.86. The summed E-state index contributed by atoms with van der Waals surface area (Å²) >= 11 is 0. The highest BCUT2D eigenvalue weighted by molar-refractivity contribution is 5.38. The molecule has 0 bridgehead atoms. The minimum absolute atomic E-state index is 0.201. The molecule has 0 heterocycles. The largest absolute Gasteiger partial charge is 0.496 e. The summed E-state index contributed by atoms with van der Waals surface area (Å²) < 4.78 is 5.24. The molecule has 0 aromatic heterocycles. The van der Waals surface area contributed by atoms with Crippen molar-refractivity contribution in [1.29, 1.82) is 0 Å². The summed E-state index contributed by atoms with van der Waals surface area (Å²) in [6.07, 6.45) is -0.453. The van der Waals surface area contributed by atoms with E-state index in [1.807, 2.05) is 39.0 Å². The number of hydrogen-bond acceptors (Lipinski definition) is 2. The third-order valence-corrected chi connectivity index (χ3v) is 2.34. The summed E-state index contributed by atoms with van der Waals surface area (Å²) in [6.45, 7) is 5.99. The number of hydrogen-bond donors (Lipinski definition) is 1. The van der Waals surface area contributed by atoms with Gasteiger partial charge in [0.1, 0.15) is 5.75 Å². The number of aryl methyl sites for hydroxylation is 1. The van der Waals surface area contributed by atoms with Crippen molar-refractivity contribution in [1.82, 2.24) is 0 Å². The van der Waals surface area contributed by atoms with Crippen LogP contribution in [0.15, 0.2) is 18.2 Å². The lowest BCUT2D eigenvalue weighted by molar-refractivity contribution is 0.123. The average Bonchev–Trinajstić information content (AvgIpc) is 2.16. The molecule has 78 valence electrons. The van der Waals surface area contributed by atoms with Crippen molar-refractivity contribution in [3.8, 4) is 5.75 Å². The van der Waals surface area contributed by atoms with Gasteiger partial charge in [-0.15, -0.1) is 0 Å². The molecule has 0 saturated carbocycles. The van der Waals surface area contributed by atoms with Crippen molar-refractivity contribution < 1.29 is 9.84 Å². The van der Waals surface area contributed by atoms with E-state index in [4.69, 9.17) is 4.74 Å². The van der Waals surface area contributed by atoms with Gasteiger partial charge in [-0.05, 0) is 24.5 Å². The van der Waals surface area contributed by atoms with Crippen molar-refractivity contribution >= 4 is 0 Å². The van der Waals surface area contributed by atoms with E-state index in [1.54, 1.807) is 7.11 Å². The summed E-state index contributed by atoms with van der Waals surface area (Å²) in [4.78, 5) is 0. The third-order valence-electron chi connectivity index (χ3n) is 2.34. The fraction of sp³-hybridized carbons (Fsp3) is 0.500. The molecule has 0 amide bonds. The minimum Gasteiger partial charge on any atom is -0.496 e. The van der Waals surface area contributed by atoms with E-state index in [1.165, 1.54) is 0 Å². The van der Waals surface area contributed by atoms with Gasteiger partial charge in [0.25, 0.3) is 0 Å². The van der Waals surface area contributed by atoms with Crippen molar-refractivity contribution in [2.45, 2.75) is 26.9 Å². The predicted octanol–water partition coefficient (Wildman–Crippen LogP) is 2.69. The molecular formula is C12H18O2. The van der Waals surface area contributed by atoms with Crippen LogP contribution < -0.4 is 4.74 Å².